The van der Waals surface area contributed by atoms with Crippen LogP contribution in [-0.2, 0) is 22.5 Å². The smallest absolute Gasteiger partial charge is 0.341 e. The monoisotopic (exact) mass is 269 g/mol. The molecule has 0 spiro atoms. The predicted molar refractivity (Wildman–Crippen MR) is 71.8 cm³/mol. The molecule has 100 valence electrons. The van der Waals surface area contributed by atoms with Crippen LogP contribution in [0.2, 0.25) is 0 Å². The van der Waals surface area contributed by atoms with E-state index >= 15 is 0 Å². The second-order valence-corrected chi connectivity index (χ2v) is 5.90. The third kappa shape index (κ3) is 2.37. The average molecular weight is 269 g/mol. The summed E-state index contributed by atoms with van der Waals surface area (Å²) in [5, 5.41) is 0.548. The van der Waals surface area contributed by atoms with Gasteiger partial charge in [0.2, 0.25) is 0 Å². The molecule has 0 fully saturated rings. The first-order valence-corrected chi connectivity index (χ1v) is 7.05. The second-order valence-electron chi connectivity index (χ2n) is 4.76. The van der Waals surface area contributed by atoms with Crippen molar-refractivity contribution in [2.45, 2.75) is 39.9 Å². The Balaban J connectivity index is 2.32. The molecule has 0 bridgehead atoms. The topological polar surface area (TPSA) is 61.5 Å². The van der Waals surface area contributed by atoms with Crippen LogP contribution in [0.15, 0.2) is 0 Å². The van der Waals surface area contributed by atoms with Crippen molar-refractivity contribution in [3.8, 4) is 0 Å². The summed E-state index contributed by atoms with van der Waals surface area (Å²) in [4.78, 5) is 13.0. The van der Waals surface area contributed by atoms with Crippen LogP contribution in [0.3, 0.4) is 0 Å². The highest BCUT2D eigenvalue weighted by Gasteiger charge is 2.30. The van der Waals surface area contributed by atoms with Crippen molar-refractivity contribution in [2.75, 3.05) is 12.3 Å². The van der Waals surface area contributed by atoms with Gasteiger partial charge in [0.15, 0.2) is 0 Å². The van der Waals surface area contributed by atoms with Crippen molar-refractivity contribution in [1.29, 1.82) is 0 Å². The van der Waals surface area contributed by atoms with Crippen molar-refractivity contribution in [2.24, 2.45) is 5.92 Å². The fraction of sp³-hybridized carbons (Fsp3) is 0.615. The third-order valence-electron chi connectivity index (χ3n) is 3.17. The van der Waals surface area contributed by atoms with E-state index in [1.165, 1.54) is 11.3 Å². The zero-order chi connectivity index (χ0) is 13.3. The fourth-order valence-corrected chi connectivity index (χ4v) is 3.17. The van der Waals surface area contributed by atoms with E-state index in [1.54, 1.807) is 6.92 Å². The summed E-state index contributed by atoms with van der Waals surface area (Å²) in [5.41, 5.74) is 7.53. The fourth-order valence-electron chi connectivity index (χ4n) is 2.16. The first-order chi connectivity index (χ1) is 8.54. The van der Waals surface area contributed by atoms with E-state index in [9.17, 15) is 4.79 Å². The van der Waals surface area contributed by atoms with Crippen LogP contribution in [0, 0.1) is 5.92 Å². The molecule has 1 aromatic heterocycles. The Morgan fingerprint density at radius 3 is 2.94 bits per heavy atom. The minimum atomic E-state index is -0.308. The Labute approximate surface area is 111 Å². The molecular formula is C13H19NO3S. The molecule has 5 heteroatoms. The highest BCUT2D eigenvalue weighted by atomic mass is 32.1. The van der Waals surface area contributed by atoms with Crippen LogP contribution in [-0.4, -0.2) is 18.7 Å². The van der Waals surface area contributed by atoms with Gasteiger partial charge in [-0.1, -0.05) is 13.8 Å². The summed E-state index contributed by atoms with van der Waals surface area (Å²) in [6, 6.07) is 0. The van der Waals surface area contributed by atoms with E-state index in [0.717, 1.165) is 16.9 Å². The summed E-state index contributed by atoms with van der Waals surface area (Å²) in [6.07, 6.45) is 0.897. The zero-order valence-corrected chi connectivity index (χ0v) is 11.8. The van der Waals surface area contributed by atoms with E-state index in [0.29, 0.717) is 29.7 Å². The summed E-state index contributed by atoms with van der Waals surface area (Å²) >= 11 is 1.44. The maximum absolute atomic E-state index is 11.9. The Bertz CT molecular complexity index is 453. The zero-order valence-electron chi connectivity index (χ0n) is 11.0. The number of nitrogen functional groups attached to an aromatic ring is 1. The van der Waals surface area contributed by atoms with Gasteiger partial charge in [-0.15, -0.1) is 11.3 Å². The Morgan fingerprint density at radius 2 is 2.33 bits per heavy atom. The number of rotatable bonds is 3. The molecule has 0 saturated carbocycles. The van der Waals surface area contributed by atoms with Crippen molar-refractivity contribution in [3.63, 3.8) is 0 Å². The molecule has 1 aliphatic heterocycles. The van der Waals surface area contributed by atoms with Gasteiger partial charge in [-0.25, -0.2) is 4.79 Å². The molecule has 4 nitrogen and oxygen atoms in total. The van der Waals surface area contributed by atoms with Crippen molar-refractivity contribution in [1.82, 2.24) is 0 Å². The molecule has 1 atom stereocenters. The summed E-state index contributed by atoms with van der Waals surface area (Å²) < 4.78 is 10.9. The number of thiophene rings is 1. The average Bonchev–Trinajstić information content (AvgIpc) is 2.63. The number of hydrogen-bond donors (Lipinski definition) is 1. The van der Waals surface area contributed by atoms with Crippen LogP contribution >= 0.6 is 11.3 Å². The highest BCUT2D eigenvalue weighted by molar-refractivity contribution is 7.16. The molecule has 0 aliphatic carbocycles. The van der Waals surface area contributed by atoms with E-state index < -0.39 is 0 Å². The van der Waals surface area contributed by atoms with Gasteiger partial charge < -0.3 is 15.2 Å². The Kier molecular flexibility index (Phi) is 3.92. The molecule has 2 rings (SSSR count). The molecule has 1 aromatic rings. The predicted octanol–water partition coefficient (Wildman–Crippen LogP) is 2.60. The molecule has 2 heterocycles. The standard InChI is InChI=1S/C13H19NO3S/c1-4-16-13(15)11-8-5-9(7(2)3)17-6-10(8)18-12(11)14/h7,9H,4-6,14H2,1-3H3/t9-/m1/s1. The van der Waals surface area contributed by atoms with E-state index in [2.05, 4.69) is 13.8 Å². The van der Waals surface area contributed by atoms with Gasteiger partial charge >= 0.3 is 5.97 Å². The van der Waals surface area contributed by atoms with Gasteiger partial charge in [-0.05, 0) is 18.4 Å². The van der Waals surface area contributed by atoms with Gasteiger partial charge in [-0.3, -0.25) is 0 Å². The van der Waals surface area contributed by atoms with Gasteiger partial charge in [0.05, 0.1) is 24.9 Å². The molecule has 0 saturated heterocycles. The molecular weight excluding hydrogens is 250 g/mol. The quantitative estimate of drug-likeness (QED) is 0.857. The SMILES string of the molecule is CCOC(=O)c1c(N)sc2c1C[C@H](C(C)C)OC2. The molecule has 2 N–H and O–H groups in total. The number of fused-ring (bicyclic) bond motifs is 1. The highest BCUT2D eigenvalue weighted by Crippen LogP contribution is 2.37. The normalized spacial score (nSPS) is 18.8. The summed E-state index contributed by atoms with van der Waals surface area (Å²) in [5.74, 6) is 0.117. The molecule has 0 unspecified atom stereocenters. The lowest BCUT2D eigenvalue weighted by atomic mass is 9.94. The second kappa shape index (κ2) is 5.28. The van der Waals surface area contributed by atoms with Gasteiger partial charge in [0.1, 0.15) is 5.00 Å². The van der Waals surface area contributed by atoms with Gasteiger partial charge in [-0.2, -0.15) is 0 Å². The Hall–Kier alpha value is -1.07. The molecule has 18 heavy (non-hydrogen) atoms. The van der Waals surface area contributed by atoms with E-state index in [-0.39, 0.29) is 12.1 Å². The van der Waals surface area contributed by atoms with Crippen LogP contribution in [0.5, 0.6) is 0 Å². The number of esters is 1. The molecule has 0 amide bonds. The summed E-state index contributed by atoms with van der Waals surface area (Å²) in [7, 11) is 0. The van der Waals surface area contributed by atoms with Crippen LogP contribution in [0.4, 0.5) is 5.00 Å². The maximum atomic E-state index is 11.9. The lowest BCUT2D eigenvalue weighted by Gasteiger charge is -2.26. The third-order valence-corrected chi connectivity index (χ3v) is 4.21. The number of hydrogen-bond acceptors (Lipinski definition) is 5. The van der Waals surface area contributed by atoms with Gasteiger partial charge in [0.25, 0.3) is 0 Å². The van der Waals surface area contributed by atoms with E-state index in [4.69, 9.17) is 15.2 Å². The first-order valence-electron chi connectivity index (χ1n) is 6.23. The van der Waals surface area contributed by atoms with Crippen LogP contribution < -0.4 is 5.73 Å². The number of nitrogens with two attached hydrogens (primary N) is 1. The van der Waals surface area contributed by atoms with Crippen molar-refractivity contribution in [3.05, 3.63) is 16.0 Å². The van der Waals surface area contributed by atoms with Gasteiger partial charge in [0, 0.05) is 11.3 Å². The first kappa shape index (κ1) is 13.4. The number of ether oxygens (including phenoxy) is 2. The van der Waals surface area contributed by atoms with Crippen LogP contribution in [0.25, 0.3) is 0 Å². The molecule has 0 radical (unpaired) electrons. The van der Waals surface area contributed by atoms with Crippen LogP contribution in [0.1, 0.15) is 41.6 Å². The number of anilines is 1. The molecule has 0 aromatic carbocycles. The molecule has 1 aliphatic rings. The number of carbonyl (C=O) groups is 1. The maximum Gasteiger partial charge on any atom is 0.341 e. The van der Waals surface area contributed by atoms with Crippen molar-refractivity contribution >= 4 is 22.3 Å². The lowest BCUT2D eigenvalue weighted by Crippen LogP contribution is -2.27. The summed E-state index contributed by atoms with van der Waals surface area (Å²) in [6.45, 7) is 6.96. The number of carbonyl (C=O) groups excluding carboxylic acids is 1. The van der Waals surface area contributed by atoms with E-state index in [1.807, 2.05) is 0 Å². The van der Waals surface area contributed by atoms with Crippen molar-refractivity contribution < 1.29 is 14.3 Å². The lowest BCUT2D eigenvalue weighted by molar-refractivity contribution is 0.00124. The minimum absolute atomic E-state index is 0.152. The minimum Gasteiger partial charge on any atom is -0.462 e. The largest absolute Gasteiger partial charge is 0.462 e. The Morgan fingerprint density at radius 1 is 1.61 bits per heavy atom.